The third kappa shape index (κ3) is 4.65. The molecule has 1 aromatic rings. The summed E-state index contributed by atoms with van der Waals surface area (Å²) in [5.41, 5.74) is 6.72. The van der Waals surface area contributed by atoms with Gasteiger partial charge in [0.15, 0.2) is 0 Å². The van der Waals surface area contributed by atoms with Gasteiger partial charge in [0.1, 0.15) is 0 Å². The van der Waals surface area contributed by atoms with Crippen LogP contribution in [0.25, 0.3) is 0 Å². The van der Waals surface area contributed by atoms with E-state index in [0.29, 0.717) is 25.2 Å². The number of aromatic nitrogens is 2. The van der Waals surface area contributed by atoms with E-state index >= 15 is 0 Å². The Kier molecular flexibility index (Phi) is 6.72. The Morgan fingerprint density at radius 1 is 1.40 bits per heavy atom. The zero-order valence-electron chi connectivity index (χ0n) is 12.1. The van der Waals surface area contributed by atoms with Crippen LogP contribution in [-0.4, -0.2) is 41.2 Å². The minimum Gasteiger partial charge on any atom is -0.355 e. The first kappa shape index (κ1) is 16.2. The van der Waals surface area contributed by atoms with Crippen molar-refractivity contribution in [3.8, 4) is 0 Å². The van der Waals surface area contributed by atoms with Gasteiger partial charge in [0.25, 0.3) is 5.91 Å². The van der Waals surface area contributed by atoms with Crippen molar-refractivity contribution in [2.75, 3.05) is 19.6 Å². The van der Waals surface area contributed by atoms with Crippen LogP contribution in [0.2, 0.25) is 0 Å². The molecule has 1 rings (SSSR count). The SMILES string of the molecule is CCCNC(=O)CNC(=O)c1cnn(CCCN)c1C. The second-order valence-corrected chi connectivity index (χ2v) is 4.54. The van der Waals surface area contributed by atoms with E-state index in [0.717, 1.165) is 18.5 Å². The molecule has 7 nitrogen and oxygen atoms in total. The van der Waals surface area contributed by atoms with Crippen LogP contribution in [0, 0.1) is 6.92 Å². The van der Waals surface area contributed by atoms with Crippen molar-refractivity contribution in [2.45, 2.75) is 33.2 Å². The summed E-state index contributed by atoms with van der Waals surface area (Å²) in [5.74, 6) is -0.471. The minimum absolute atomic E-state index is 0.0216. The molecular formula is C13H23N5O2. The van der Waals surface area contributed by atoms with Crippen molar-refractivity contribution in [3.63, 3.8) is 0 Å². The average Bonchev–Trinajstić information content (AvgIpc) is 2.81. The van der Waals surface area contributed by atoms with Gasteiger partial charge in [-0.15, -0.1) is 0 Å². The van der Waals surface area contributed by atoms with Crippen molar-refractivity contribution in [1.29, 1.82) is 0 Å². The van der Waals surface area contributed by atoms with Crippen LogP contribution in [0.15, 0.2) is 6.20 Å². The Hall–Kier alpha value is -1.89. The van der Waals surface area contributed by atoms with Gasteiger partial charge in [0, 0.05) is 18.8 Å². The molecule has 0 bridgehead atoms. The summed E-state index contributed by atoms with van der Waals surface area (Å²) in [6, 6.07) is 0. The molecular weight excluding hydrogens is 258 g/mol. The third-order valence-corrected chi connectivity index (χ3v) is 2.90. The number of nitrogens with one attached hydrogen (secondary N) is 2. The van der Waals surface area contributed by atoms with Gasteiger partial charge in [-0.3, -0.25) is 14.3 Å². The van der Waals surface area contributed by atoms with E-state index in [9.17, 15) is 9.59 Å². The second-order valence-electron chi connectivity index (χ2n) is 4.54. The van der Waals surface area contributed by atoms with E-state index in [1.165, 1.54) is 6.20 Å². The summed E-state index contributed by atoms with van der Waals surface area (Å²) in [5, 5.41) is 9.44. The number of amides is 2. The van der Waals surface area contributed by atoms with Crippen molar-refractivity contribution >= 4 is 11.8 Å². The normalized spacial score (nSPS) is 10.3. The fraction of sp³-hybridized carbons (Fsp3) is 0.615. The maximum Gasteiger partial charge on any atom is 0.255 e. The summed E-state index contributed by atoms with van der Waals surface area (Å²) >= 11 is 0. The van der Waals surface area contributed by atoms with Crippen LogP contribution < -0.4 is 16.4 Å². The lowest BCUT2D eigenvalue weighted by atomic mass is 10.2. The molecule has 112 valence electrons. The fourth-order valence-electron chi connectivity index (χ4n) is 1.72. The van der Waals surface area contributed by atoms with Crippen LogP contribution in [0.3, 0.4) is 0 Å². The predicted molar refractivity (Wildman–Crippen MR) is 76.3 cm³/mol. The highest BCUT2D eigenvalue weighted by molar-refractivity contribution is 5.97. The smallest absolute Gasteiger partial charge is 0.255 e. The molecule has 0 unspecified atom stereocenters. The third-order valence-electron chi connectivity index (χ3n) is 2.90. The molecule has 0 aromatic carbocycles. The predicted octanol–water partition coefficient (Wildman–Crippen LogP) is -0.204. The number of rotatable bonds is 8. The summed E-state index contributed by atoms with van der Waals surface area (Å²) in [6.45, 7) is 5.66. The highest BCUT2D eigenvalue weighted by atomic mass is 16.2. The maximum atomic E-state index is 12.0. The van der Waals surface area contributed by atoms with Gasteiger partial charge in [0.2, 0.25) is 5.91 Å². The van der Waals surface area contributed by atoms with Gasteiger partial charge >= 0.3 is 0 Å². The minimum atomic E-state index is -0.284. The molecule has 4 N–H and O–H groups in total. The Morgan fingerprint density at radius 3 is 2.80 bits per heavy atom. The number of aryl methyl sites for hydroxylation is 1. The van der Waals surface area contributed by atoms with E-state index in [4.69, 9.17) is 5.73 Å². The molecule has 0 aliphatic heterocycles. The standard InChI is InChI=1S/C13H23N5O2/c1-3-6-15-12(19)9-16-13(20)11-8-17-18(10(11)2)7-4-5-14/h8H,3-7,9,14H2,1-2H3,(H,15,19)(H,16,20). The lowest BCUT2D eigenvalue weighted by molar-refractivity contribution is -0.120. The fourth-order valence-corrected chi connectivity index (χ4v) is 1.72. The zero-order valence-corrected chi connectivity index (χ0v) is 12.1. The highest BCUT2D eigenvalue weighted by Crippen LogP contribution is 2.07. The first-order valence-corrected chi connectivity index (χ1v) is 6.87. The topological polar surface area (TPSA) is 102 Å². The van der Waals surface area contributed by atoms with E-state index in [-0.39, 0.29) is 18.4 Å². The Bertz CT molecular complexity index is 456. The summed E-state index contributed by atoms with van der Waals surface area (Å²) < 4.78 is 1.75. The average molecular weight is 281 g/mol. The Morgan fingerprint density at radius 2 is 2.15 bits per heavy atom. The van der Waals surface area contributed by atoms with Gasteiger partial charge in [0.05, 0.1) is 18.3 Å². The van der Waals surface area contributed by atoms with Gasteiger partial charge in [-0.05, 0) is 26.3 Å². The van der Waals surface area contributed by atoms with Crippen LogP contribution in [0.1, 0.15) is 35.8 Å². The van der Waals surface area contributed by atoms with Gasteiger partial charge < -0.3 is 16.4 Å². The van der Waals surface area contributed by atoms with Crippen LogP contribution in [0.5, 0.6) is 0 Å². The van der Waals surface area contributed by atoms with Crippen molar-refractivity contribution < 1.29 is 9.59 Å². The Balaban J connectivity index is 2.51. The van der Waals surface area contributed by atoms with Crippen LogP contribution in [0.4, 0.5) is 0 Å². The van der Waals surface area contributed by atoms with Crippen molar-refractivity contribution in [1.82, 2.24) is 20.4 Å². The van der Waals surface area contributed by atoms with E-state index < -0.39 is 0 Å². The van der Waals surface area contributed by atoms with E-state index in [2.05, 4.69) is 15.7 Å². The molecule has 0 fully saturated rings. The molecule has 0 saturated carbocycles. The Labute approximate surface area is 118 Å². The van der Waals surface area contributed by atoms with Gasteiger partial charge in [-0.1, -0.05) is 6.92 Å². The molecule has 20 heavy (non-hydrogen) atoms. The highest BCUT2D eigenvalue weighted by Gasteiger charge is 2.14. The summed E-state index contributed by atoms with van der Waals surface area (Å²) in [7, 11) is 0. The molecule has 1 heterocycles. The number of hydrogen-bond acceptors (Lipinski definition) is 4. The summed E-state index contributed by atoms with van der Waals surface area (Å²) in [4.78, 5) is 23.4. The van der Waals surface area contributed by atoms with Crippen LogP contribution >= 0.6 is 0 Å². The van der Waals surface area contributed by atoms with Gasteiger partial charge in [-0.2, -0.15) is 5.10 Å². The number of nitrogens with zero attached hydrogens (tertiary/aromatic N) is 2. The molecule has 0 atom stereocenters. The number of hydrogen-bond donors (Lipinski definition) is 3. The van der Waals surface area contributed by atoms with Crippen LogP contribution in [-0.2, 0) is 11.3 Å². The molecule has 0 radical (unpaired) electrons. The van der Waals surface area contributed by atoms with E-state index in [1.54, 1.807) is 4.68 Å². The maximum absolute atomic E-state index is 12.0. The van der Waals surface area contributed by atoms with Crippen molar-refractivity contribution in [3.05, 3.63) is 17.5 Å². The van der Waals surface area contributed by atoms with Gasteiger partial charge in [-0.25, -0.2) is 0 Å². The zero-order chi connectivity index (χ0) is 15.0. The van der Waals surface area contributed by atoms with E-state index in [1.807, 2.05) is 13.8 Å². The van der Waals surface area contributed by atoms with Crippen molar-refractivity contribution in [2.24, 2.45) is 5.73 Å². The first-order valence-electron chi connectivity index (χ1n) is 6.87. The molecule has 0 aliphatic carbocycles. The molecule has 7 heteroatoms. The second kappa shape index (κ2) is 8.31. The summed E-state index contributed by atoms with van der Waals surface area (Å²) in [6.07, 6.45) is 3.20. The lowest BCUT2D eigenvalue weighted by Crippen LogP contribution is -2.37. The first-order chi connectivity index (χ1) is 9.60. The molecule has 0 aliphatic rings. The molecule has 0 spiro atoms. The lowest BCUT2D eigenvalue weighted by Gasteiger charge is -2.06. The molecule has 2 amide bonds. The quantitative estimate of drug-likeness (QED) is 0.614. The monoisotopic (exact) mass is 281 g/mol. The number of nitrogens with two attached hydrogens (primary N) is 1. The number of carbonyl (C=O) groups is 2. The molecule has 1 aromatic heterocycles. The largest absolute Gasteiger partial charge is 0.355 e. The number of carbonyl (C=O) groups excluding carboxylic acids is 2. The molecule has 0 saturated heterocycles.